The second kappa shape index (κ2) is 5.37. The third-order valence-corrected chi connectivity index (χ3v) is 2.03. The number of nitriles is 1. The van der Waals surface area contributed by atoms with Gasteiger partial charge in [0.1, 0.15) is 11.4 Å². The highest BCUT2D eigenvalue weighted by atomic mass is 19.3. The third kappa shape index (κ3) is 2.44. The number of methoxy groups -OCH3 is 1. The van der Waals surface area contributed by atoms with Gasteiger partial charge in [-0.1, -0.05) is 0 Å². The molecule has 0 bridgehead atoms. The van der Waals surface area contributed by atoms with Gasteiger partial charge in [0, 0.05) is 12.1 Å². The number of nitrogens with zero attached hydrogens (tertiary/aromatic N) is 2. The van der Waals surface area contributed by atoms with Gasteiger partial charge in [0.2, 0.25) is 0 Å². The van der Waals surface area contributed by atoms with Gasteiger partial charge < -0.3 is 10.5 Å². The molecule has 1 aromatic heterocycles. The van der Waals surface area contributed by atoms with Crippen LogP contribution in [0, 0.1) is 11.3 Å². The molecule has 1 aromatic rings. The molecule has 0 atom stereocenters. The lowest BCUT2D eigenvalue weighted by Crippen LogP contribution is -2.08. The first-order chi connectivity index (χ1) is 7.63. The van der Waals surface area contributed by atoms with E-state index in [0.29, 0.717) is 11.3 Å². The summed E-state index contributed by atoms with van der Waals surface area (Å²) in [5.74, 6) is 0.313. The molecule has 1 rings (SSSR count). The Hall–Kier alpha value is -1.74. The van der Waals surface area contributed by atoms with Crippen molar-refractivity contribution in [2.45, 2.75) is 19.4 Å². The van der Waals surface area contributed by atoms with Crippen molar-refractivity contribution in [2.24, 2.45) is 5.73 Å². The van der Waals surface area contributed by atoms with Crippen molar-refractivity contribution in [1.82, 2.24) is 4.98 Å². The van der Waals surface area contributed by atoms with Crippen LogP contribution in [0.25, 0.3) is 0 Å². The highest BCUT2D eigenvalue weighted by Crippen LogP contribution is 2.27. The van der Waals surface area contributed by atoms with Crippen molar-refractivity contribution in [2.75, 3.05) is 7.11 Å². The van der Waals surface area contributed by atoms with Crippen molar-refractivity contribution in [3.63, 3.8) is 0 Å². The summed E-state index contributed by atoms with van der Waals surface area (Å²) in [7, 11) is 1.39. The van der Waals surface area contributed by atoms with Gasteiger partial charge in [-0.15, -0.1) is 0 Å². The Balaban J connectivity index is 3.32. The topological polar surface area (TPSA) is 71.9 Å². The highest BCUT2D eigenvalue weighted by molar-refractivity contribution is 5.41. The maximum atomic E-state index is 12.5. The van der Waals surface area contributed by atoms with Crippen LogP contribution in [0.3, 0.4) is 0 Å². The molecule has 1 heterocycles. The van der Waals surface area contributed by atoms with Crippen molar-refractivity contribution in [3.05, 3.63) is 23.0 Å². The molecule has 86 valence electrons. The number of rotatable bonds is 4. The number of hydrogen-bond donors (Lipinski definition) is 1. The van der Waals surface area contributed by atoms with Gasteiger partial charge in [-0.2, -0.15) is 5.26 Å². The lowest BCUT2D eigenvalue weighted by molar-refractivity contribution is 0.145. The maximum Gasteiger partial charge on any atom is 0.280 e. The summed E-state index contributed by atoms with van der Waals surface area (Å²) in [6.07, 6.45) is -2.70. The van der Waals surface area contributed by atoms with E-state index in [1.807, 2.05) is 6.07 Å². The second-order valence-electron chi connectivity index (χ2n) is 3.03. The van der Waals surface area contributed by atoms with Crippen molar-refractivity contribution in [3.8, 4) is 11.8 Å². The number of halogens is 2. The lowest BCUT2D eigenvalue weighted by atomic mass is 10.1. The normalized spacial score (nSPS) is 10.2. The highest BCUT2D eigenvalue weighted by Gasteiger charge is 2.17. The average molecular weight is 227 g/mol. The Bertz CT molecular complexity index is 415. The largest absolute Gasteiger partial charge is 0.494 e. The van der Waals surface area contributed by atoms with Gasteiger partial charge in [-0.3, -0.25) is 0 Å². The number of ether oxygens (including phenoxy) is 1. The minimum Gasteiger partial charge on any atom is -0.494 e. The summed E-state index contributed by atoms with van der Waals surface area (Å²) in [6, 6.07) is 3.06. The molecule has 0 aliphatic heterocycles. The maximum absolute atomic E-state index is 12.5. The predicted molar refractivity (Wildman–Crippen MR) is 53.0 cm³/mol. The second-order valence-corrected chi connectivity index (χ2v) is 3.03. The fourth-order valence-electron chi connectivity index (χ4n) is 1.38. The first-order valence-electron chi connectivity index (χ1n) is 4.55. The van der Waals surface area contributed by atoms with E-state index >= 15 is 0 Å². The van der Waals surface area contributed by atoms with Crippen LogP contribution < -0.4 is 10.5 Å². The van der Waals surface area contributed by atoms with E-state index in [9.17, 15) is 8.78 Å². The van der Waals surface area contributed by atoms with E-state index in [0.717, 1.165) is 0 Å². The summed E-state index contributed by atoms with van der Waals surface area (Å²) in [6.45, 7) is -0.0117. The molecule has 0 amide bonds. The quantitative estimate of drug-likeness (QED) is 0.847. The Labute approximate surface area is 91.7 Å². The summed E-state index contributed by atoms with van der Waals surface area (Å²) < 4.78 is 30.0. The molecule has 6 heteroatoms. The van der Waals surface area contributed by atoms with Gasteiger partial charge in [-0.05, 0) is 6.07 Å². The standard InChI is InChI=1S/C10H11F2N3O/c1-16-9-6(2-3-13)4-7(10(11)12)15-8(9)5-14/h4,10H,2,5,14H2,1H3. The van der Waals surface area contributed by atoms with Crippen LogP contribution >= 0.6 is 0 Å². The Morgan fingerprint density at radius 3 is 2.75 bits per heavy atom. The molecule has 0 unspecified atom stereocenters. The summed E-state index contributed by atoms with van der Waals surface area (Å²) in [4.78, 5) is 3.70. The van der Waals surface area contributed by atoms with E-state index in [-0.39, 0.29) is 24.4 Å². The molecule has 4 nitrogen and oxygen atoms in total. The molecule has 0 aliphatic carbocycles. The fraction of sp³-hybridized carbons (Fsp3) is 0.400. The van der Waals surface area contributed by atoms with Crippen LogP contribution in [0.4, 0.5) is 8.78 Å². The van der Waals surface area contributed by atoms with E-state index in [1.165, 1.54) is 13.2 Å². The molecule has 0 saturated heterocycles. The number of hydrogen-bond acceptors (Lipinski definition) is 4. The van der Waals surface area contributed by atoms with Crippen molar-refractivity contribution < 1.29 is 13.5 Å². The molecule has 0 spiro atoms. The van der Waals surface area contributed by atoms with E-state index < -0.39 is 6.43 Å². The van der Waals surface area contributed by atoms with E-state index in [4.69, 9.17) is 15.7 Å². The number of pyridine rings is 1. The molecule has 0 radical (unpaired) electrons. The summed E-state index contributed by atoms with van der Waals surface area (Å²) >= 11 is 0. The lowest BCUT2D eigenvalue weighted by Gasteiger charge is -2.12. The van der Waals surface area contributed by atoms with Gasteiger partial charge in [0.05, 0.1) is 25.3 Å². The Morgan fingerprint density at radius 2 is 2.31 bits per heavy atom. The summed E-state index contributed by atoms with van der Waals surface area (Å²) in [5.41, 5.74) is 5.63. The number of alkyl halides is 2. The molecule has 2 N–H and O–H groups in total. The smallest absolute Gasteiger partial charge is 0.280 e. The molecule has 16 heavy (non-hydrogen) atoms. The first-order valence-corrected chi connectivity index (χ1v) is 4.55. The average Bonchev–Trinajstić information content (AvgIpc) is 2.28. The van der Waals surface area contributed by atoms with Crippen LogP contribution in [0.1, 0.15) is 23.4 Å². The predicted octanol–water partition coefficient (Wildman–Crippen LogP) is 1.55. The van der Waals surface area contributed by atoms with Gasteiger partial charge >= 0.3 is 0 Å². The number of aromatic nitrogens is 1. The zero-order valence-corrected chi connectivity index (χ0v) is 8.70. The minimum atomic E-state index is -2.69. The van der Waals surface area contributed by atoms with Crippen molar-refractivity contribution in [1.29, 1.82) is 5.26 Å². The van der Waals surface area contributed by atoms with E-state index in [2.05, 4.69) is 4.98 Å². The molecule has 0 saturated carbocycles. The monoisotopic (exact) mass is 227 g/mol. The van der Waals surface area contributed by atoms with Crippen LogP contribution in [0.2, 0.25) is 0 Å². The van der Waals surface area contributed by atoms with Gasteiger partial charge in [0.25, 0.3) is 6.43 Å². The van der Waals surface area contributed by atoms with Crippen molar-refractivity contribution >= 4 is 0 Å². The van der Waals surface area contributed by atoms with Gasteiger partial charge in [-0.25, -0.2) is 13.8 Å². The van der Waals surface area contributed by atoms with Gasteiger partial charge in [0.15, 0.2) is 0 Å². The molecule has 0 aromatic carbocycles. The minimum absolute atomic E-state index is 0.0117. The van der Waals surface area contributed by atoms with Crippen LogP contribution in [0.5, 0.6) is 5.75 Å². The van der Waals surface area contributed by atoms with Crippen LogP contribution in [0.15, 0.2) is 6.07 Å². The van der Waals surface area contributed by atoms with Crippen LogP contribution in [-0.2, 0) is 13.0 Å². The fourth-order valence-corrected chi connectivity index (χ4v) is 1.38. The molecule has 0 fully saturated rings. The Morgan fingerprint density at radius 1 is 1.62 bits per heavy atom. The first kappa shape index (κ1) is 12.3. The Kier molecular flexibility index (Phi) is 4.14. The number of nitrogens with two attached hydrogens (primary N) is 1. The summed E-state index contributed by atoms with van der Waals surface area (Å²) in [5, 5.41) is 8.59. The zero-order chi connectivity index (χ0) is 12.1. The molecular weight excluding hydrogens is 216 g/mol. The molecule has 0 aliphatic rings. The third-order valence-electron chi connectivity index (χ3n) is 2.03. The van der Waals surface area contributed by atoms with E-state index in [1.54, 1.807) is 0 Å². The molecular formula is C10H11F2N3O. The van der Waals surface area contributed by atoms with Crippen LogP contribution in [-0.4, -0.2) is 12.1 Å². The SMILES string of the molecule is COc1c(CC#N)cc(C(F)F)nc1CN. The zero-order valence-electron chi connectivity index (χ0n) is 8.70.